The molecule has 62 valence electrons. The lowest BCUT2D eigenvalue weighted by molar-refractivity contribution is 0.342. The first-order chi connectivity index (χ1) is 4.41. The minimum absolute atomic E-state index is 0. The number of rotatable bonds is 5. The predicted octanol–water partition coefficient (Wildman–Crippen LogP) is 1.09. The molecule has 0 radical (unpaired) electrons. The van der Waals surface area contributed by atoms with Crippen molar-refractivity contribution in [1.29, 1.82) is 0 Å². The summed E-state index contributed by atoms with van der Waals surface area (Å²) in [7, 11) is 0. The van der Waals surface area contributed by atoms with Crippen molar-refractivity contribution in [3.8, 4) is 0 Å². The van der Waals surface area contributed by atoms with Crippen LogP contribution in [0.2, 0.25) is 0 Å². The summed E-state index contributed by atoms with van der Waals surface area (Å²) in [6.07, 6.45) is 6.99. The van der Waals surface area contributed by atoms with Gasteiger partial charge in [-0.05, 0) is 25.8 Å². The van der Waals surface area contributed by atoms with Crippen LogP contribution in [-0.2, 0) is 0 Å². The number of hydrogen-bond donors (Lipinski definition) is 2. The van der Waals surface area contributed by atoms with Gasteiger partial charge < -0.3 is 10.8 Å². The van der Waals surface area contributed by atoms with Crippen LogP contribution in [0.5, 0.6) is 0 Å². The van der Waals surface area contributed by atoms with Crippen molar-refractivity contribution in [3.63, 3.8) is 0 Å². The molecule has 0 atom stereocenters. The topological polar surface area (TPSA) is 46.2 Å². The van der Waals surface area contributed by atoms with E-state index in [2.05, 4.69) is 0 Å². The van der Waals surface area contributed by atoms with Gasteiger partial charge in [0.15, 0.2) is 0 Å². The third-order valence-electron chi connectivity index (χ3n) is 1.10. The number of unbranched alkanes of at least 4 members (excludes halogenated alkanes) is 2. The van der Waals surface area contributed by atoms with E-state index in [-0.39, 0.29) is 19.0 Å². The lowest BCUT2D eigenvalue weighted by Crippen LogP contribution is -1.96. The van der Waals surface area contributed by atoms with Crippen molar-refractivity contribution in [2.75, 3.05) is 13.2 Å². The molecule has 2 nitrogen and oxygen atoms in total. The Morgan fingerprint density at radius 3 is 2.40 bits per heavy atom. The molecule has 0 saturated carbocycles. The maximum Gasteiger partial charge on any atom is 0.0612 e. The van der Waals surface area contributed by atoms with Crippen LogP contribution in [-0.4, -0.2) is 18.3 Å². The SMILES string of the molecule is Cl.NCCCC/C=C/CO. The molecule has 3 N–H and O–H groups in total. The largest absolute Gasteiger partial charge is 0.392 e. The summed E-state index contributed by atoms with van der Waals surface area (Å²) >= 11 is 0. The van der Waals surface area contributed by atoms with Gasteiger partial charge in [-0.3, -0.25) is 0 Å². The second kappa shape index (κ2) is 11.7. The summed E-state index contributed by atoms with van der Waals surface area (Å²) in [5, 5.41) is 8.31. The summed E-state index contributed by atoms with van der Waals surface area (Å²) in [5.74, 6) is 0. The zero-order chi connectivity index (χ0) is 6.95. The number of aliphatic hydroxyl groups is 1. The Balaban J connectivity index is 0. The molecule has 0 unspecified atom stereocenters. The summed E-state index contributed by atoms with van der Waals surface area (Å²) in [5.41, 5.74) is 5.27. The van der Waals surface area contributed by atoms with Crippen molar-refractivity contribution in [3.05, 3.63) is 12.2 Å². The van der Waals surface area contributed by atoms with Gasteiger partial charge in [-0.25, -0.2) is 0 Å². The Hall–Kier alpha value is -0.0500. The van der Waals surface area contributed by atoms with Crippen LogP contribution in [0.3, 0.4) is 0 Å². The number of hydrogen-bond acceptors (Lipinski definition) is 2. The van der Waals surface area contributed by atoms with Crippen LogP contribution in [0, 0.1) is 0 Å². The van der Waals surface area contributed by atoms with Gasteiger partial charge in [-0.1, -0.05) is 12.2 Å². The first-order valence-electron chi connectivity index (χ1n) is 3.37. The van der Waals surface area contributed by atoms with Gasteiger partial charge in [0.1, 0.15) is 0 Å². The average Bonchev–Trinajstić information content (AvgIpc) is 1.89. The van der Waals surface area contributed by atoms with Gasteiger partial charge >= 0.3 is 0 Å². The Morgan fingerprint density at radius 1 is 1.20 bits per heavy atom. The second-order valence-corrected chi connectivity index (χ2v) is 1.94. The van der Waals surface area contributed by atoms with Crippen molar-refractivity contribution in [2.45, 2.75) is 19.3 Å². The Morgan fingerprint density at radius 2 is 1.90 bits per heavy atom. The summed E-state index contributed by atoms with van der Waals surface area (Å²) in [6, 6.07) is 0. The van der Waals surface area contributed by atoms with Gasteiger partial charge in [0.25, 0.3) is 0 Å². The van der Waals surface area contributed by atoms with Crippen LogP contribution >= 0.6 is 12.4 Å². The number of nitrogens with two attached hydrogens (primary N) is 1. The molecule has 0 aromatic carbocycles. The van der Waals surface area contributed by atoms with E-state index < -0.39 is 0 Å². The second-order valence-electron chi connectivity index (χ2n) is 1.94. The molecule has 0 fully saturated rings. The summed E-state index contributed by atoms with van der Waals surface area (Å²) < 4.78 is 0. The molecule has 0 aliphatic rings. The number of aliphatic hydroxyl groups excluding tert-OH is 1. The van der Waals surface area contributed by atoms with E-state index in [1.807, 2.05) is 6.08 Å². The normalized spacial score (nSPS) is 9.80. The first kappa shape index (κ1) is 12.6. The van der Waals surface area contributed by atoms with E-state index >= 15 is 0 Å². The van der Waals surface area contributed by atoms with Gasteiger partial charge in [0.2, 0.25) is 0 Å². The van der Waals surface area contributed by atoms with Crippen LogP contribution in [0.25, 0.3) is 0 Å². The van der Waals surface area contributed by atoms with Crippen molar-refractivity contribution < 1.29 is 5.11 Å². The average molecular weight is 166 g/mol. The molecular weight excluding hydrogens is 150 g/mol. The lowest BCUT2D eigenvalue weighted by atomic mass is 10.2. The number of halogens is 1. The first-order valence-corrected chi connectivity index (χ1v) is 3.37. The van der Waals surface area contributed by atoms with E-state index in [0.717, 1.165) is 25.8 Å². The fourth-order valence-corrected chi connectivity index (χ4v) is 0.599. The third-order valence-corrected chi connectivity index (χ3v) is 1.10. The fraction of sp³-hybridized carbons (Fsp3) is 0.714. The molecule has 0 bridgehead atoms. The highest BCUT2D eigenvalue weighted by molar-refractivity contribution is 5.85. The quantitative estimate of drug-likeness (QED) is 0.473. The predicted molar refractivity (Wildman–Crippen MR) is 46.4 cm³/mol. The van der Waals surface area contributed by atoms with Crippen molar-refractivity contribution in [1.82, 2.24) is 0 Å². The minimum atomic E-state index is 0. The molecule has 0 spiro atoms. The van der Waals surface area contributed by atoms with Crippen LogP contribution < -0.4 is 5.73 Å². The van der Waals surface area contributed by atoms with Crippen molar-refractivity contribution >= 4 is 12.4 Å². The highest BCUT2D eigenvalue weighted by Crippen LogP contribution is 1.93. The molecule has 0 aromatic rings. The zero-order valence-electron chi connectivity index (χ0n) is 6.12. The highest BCUT2D eigenvalue weighted by Gasteiger charge is 1.79. The molecule has 0 aliphatic carbocycles. The molecule has 0 saturated heterocycles. The smallest absolute Gasteiger partial charge is 0.0612 e. The molecule has 0 amide bonds. The minimum Gasteiger partial charge on any atom is -0.392 e. The van der Waals surface area contributed by atoms with Crippen molar-refractivity contribution in [2.24, 2.45) is 5.73 Å². The Bertz CT molecular complexity index is 76.0. The molecule has 0 aliphatic heterocycles. The standard InChI is InChI=1S/C7H15NO.ClH/c8-6-4-2-1-3-5-7-9;/h3,5,9H,1-2,4,6-8H2;1H/b5-3+;. The van der Waals surface area contributed by atoms with E-state index in [4.69, 9.17) is 10.8 Å². The summed E-state index contributed by atoms with van der Waals surface area (Å²) in [6.45, 7) is 0.926. The van der Waals surface area contributed by atoms with E-state index in [1.54, 1.807) is 6.08 Å². The van der Waals surface area contributed by atoms with Gasteiger partial charge in [-0.2, -0.15) is 0 Å². The molecule has 0 heterocycles. The molecule has 0 rings (SSSR count). The number of allylic oxidation sites excluding steroid dienone is 1. The highest BCUT2D eigenvalue weighted by atomic mass is 35.5. The van der Waals surface area contributed by atoms with Crippen LogP contribution in [0.15, 0.2) is 12.2 Å². The zero-order valence-corrected chi connectivity index (χ0v) is 6.94. The van der Waals surface area contributed by atoms with E-state index in [9.17, 15) is 0 Å². The van der Waals surface area contributed by atoms with E-state index in [1.165, 1.54) is 0 Å². The van der Waals surface area contributed by atoms with Gasteiger partial charge in [0, 0.05) is 0 Å². The third kappa shape index (κ3) is 10.8. The van der Waals surface area contributed by atoms with E-state index in [0.29, 0.717) is 0 Å². The molecule has 3 heteroatoms. The summed E-state index contributed by atoms with van der Waals surface area (Å²) in [4.78, 5) is 0. The van der Waals surface area contributed by atoms with Crippen LogP contribution in [0.1, 0.15) is 19.3 Å². The molecule has 10 heavy (non-hydrogen) atoms. The Labute approximate surface area is 68.5 Å². The molecule has 0 aromatic heterocycles. The molecular formula is C7H16ClNO. The van der Waals surface area contributed by atoms with Crippen LogP contribution in [0.4, 0.5) is 0 Å². The van der Waals surface area contributed by atoms with Gasteiger partial charge in [0.05, 0.1) is 6.61 Å². The maximum absolute atomic E-state index is 8.31. The Kier molecular flexibility index (Phi) is 14.8. The fourth-order valence-electron chi connectivity index (χ4n) is 0.599. The van der Waals surface area contributed by atoms with Gasteiger partial charge in [-0.15, -0.1) is 12.4 Å². The monoisotopic (exact) mass is 165 g/mol. The lowest BCUT2D eigenvalue weighted by Gasteiger charge is -1.89. The maximum atomic E-state index is 8.31.